The van der Waals surface area contributed by atoms with Crippen molar-refractivity contribution in [3.8, 4) is 5.75 Å². The van der Waals surface area contributed by atoms with Crippen molar-refractivity contribution in [3.05, 3.63) is 30.3 Å². The third-order valence-corrected chi connectivity index (χ3v) is 5.35. The normalized spacial score (nSPS) is 23.3. The van der Waals surface area contributed by atoms with E-state index in [1.807, 2.05) is 40.1 Å². The first kappa shape index (κ1) is 17.8. The first-order valence-electron chi connectivity index (χ1n) is 9.40. The number of amides is 2. The Morgan fingerprint density at radius 1 is 1.20 bits per heavy atom. The lowest BCUT2D eigenvalue weighted by Gasteiger charge is -2.39. The molecule has 2 aliphatic heterocycles. The summed E-state index contributed by atoms with van der Waals surface area (Å²) in [6.45, 7) is 5.45. The van der Waals surface area contributed by atoms with E-state index < -0.39 is 0 Å². The topological polar surface area (TPSA) is 49.9 Å². The number of ether oxygens (including phenoxy) is 1. The fraction of sp³-hybridized carbons (Fsp3) is 0.600. The largest absolute Gasteiger partial charge is 0.493 e. The van der Waals surface area contributed by atoms with Gasteiger partial charge in [0.05, 0.1) is 18.4 Å². The van der Waals surface area contributed by atoms with E-state index in [2.05, 4.69) is 6.92 Å². The van der Waals surface area contributed by atoms with Crippen molar-refractivity contribution < 1.29 is 14.3 Å². The number of hydrogen-bond acceptors (Lipinski definition) is 3. The van der Waals surface area contributed by atoms with Gasteiger partial charge in [-0.25, -0.2) is 0 Å². The molecular formula is C20H28N2O3. The van der Waals surface area contributed by atoms with Crippen LogP contribution < -0.4 is 4.74 Å². The first-order valence-corrected chi connectivity index (χ1v) is 9.40. The van der Waals surface area contributed by atoms with Crippen LogP contribution in [0.25, 0.3) is 0 Å². The zero-order valence-corrected chi connectivity index (χ0v) is 15.1. The predicted molar refractivity (Wildman–Crippen MR) is 96.3 cm³/mol. The molecule has 0 aliphatic carbocycles. The van der Waals surface area contributed by atoms with Gasteiger partial charge >= 0.3 is 0 Å². The molecule has 25 heavy (non-hydrogen) atoms. The Bertz CT molecular complexity index is 602. The minimum Gasteiger partial charge on any atom is -0.493 e. The molecular weight excluding hydrogens is 316 g/mol. The van der Waals surface area contributed by atoms with Crippen molar-refractivity contribution in [3.63, 3.8) is 0 Å². The molecule has 1 aromatic carbocycles. The van der Waals surface area contributed by atoms with Gasteiger partial charge in [0.15, 0.2) is 0 Å². The van der Waals surface area contributed by atoms with Crippen molar-refractivity contribution in [2.45, 2.75) is 39.0 Å². The summed E-state index contributed by atoms with van der Waals surface area (Å²) in [6, 6.07) is 9.54. The van der Waals surface area contributed by atoms with Crippen LogP contribution in [0.3, 0.4) is 0 Å². The molecule has 5 nitrogen and oxygen atoms in total. The van der Waals surface area contributed by atoms with Crippen molar-refractivity contribution >= 4 is 11.8 Å². The molecule has 0 radical (unpaired) electrons. The maximum atomic E-state index is 12.9. The third kappa shape index (κ3) is 3.97. The molecule has 2 fully saturated rings. The summed E-state index contributed by atoms with van der Waals surface area (Å²) in [6.07, 6.45) is 4.11. The summed E-state index contributed by atoms with van der Waals surface area (Å²) in [4.78, 5) is 29.2. The van der Waals surface area contributed by atoms with E-state index in [-0.39, 0.29) is 17.2 Å². The average Bonchev–Trinajstić information content (AvgIpc) is 3.05. The highest BCUT2D eigenvalue weighted by atomic mass is 16.5. The average molecular weight is 344 g/mol. The number of piperidine rings is 1. The van der Waals surface area contributed by atoms with Crippen molar-refractivity contribution in [1.82, 2.24) is 9.80 Å². The number of para-hydroxylation sites is 1. The molecule has 1 spiro atoms. The fourth-order valence-corrected chi connectivity index (χ4v) is 4.03. The van der Waals surface area contributed by atoms with Gasteiger partial charge < -0.3 is 14.5 Å². The Hall–Kier alpha value is -2.04. The van der Waals surface area contributed by atoms with Crippen LogP contribution in [0.5, 0.6) is 5.75 Å². The van der Waals surface area contributed by atoms with Crippen LogP contribution in [0, 0.1) is 5.41 Å². The van der Waals surface area contributed by atoms with Crippen LogP contribution in [0.2, 0.25) is 0 Å². The highest BCUT2D eigenvalue weighted by molar-refractivity contribution is 5.86. The third-order valence-electron chi connectivity index (χ3n) is 5.35. The van der Waals surface area contributed by atoms with Crippen molar-refractivity contribution in [2.75, 3.05) is 32.8 Å². The summed E-state index contributed by atoms with van der Waals surface area (Å²) < 4.78 is 5.62. The number of hydrogen-bond donors (Lipinski definition) is 0. The highest BCUT2D eigenvalue weighted by Gasteiger charge is 2.48. The molecule has 1 aromatic rings. The molecule has 0 N–H and O–H groups in total. The van der Waals surface area contributed by atoms with E-state index in [1.54, 1.807) is 0 Å². The van der Waals surface area contributed by atoms with Gasteiger partial charge in [-0.2, -0.15) is 0 Å². The number of benzene rings is 1. The Labute approximate surface area is 149 Å². The quantitative estimate of drug-likeness (QED) is 0.797. The summed E-state index contributed by atoms with van der Waals surface area (Å²) in [5.74, 6) is 1.13. The number of carbonyl (C=O) groups excluding carboxylic acids is 2. The van der Waals surface area contributed by atoms with Gasteiger partial charge in [0, 0.05) is 26.2 Å². The Kier molecular flexibility index (Phi) is 5.61. The van der Waals surface area contributed by atoms with Gasteiger partial charge in [-0.3, -0.25) is 9.59 Å². The molecule has 3 rings (SSSR count). The van der Waals surface area contributed by atoms with Crippen LogP contribution in [0.4, 0.5) is 0 Å². The van der Waals surface area contributed by atoms with Gasteiger partial charge in [0.25, 0.3) is 0 Å². The molecule has 136 valence electrons. The molecule has 0 saturated carbocycles. The zero-order chi connectivity index (χ0) is 17.7. The summed E-state index contributed by atoms with van der Waals surface area (Å²) in [5.41, 5.74) is -0.330. The maximum absolute atomic E-state index is 12.9. The Morgan fingerprint density at radius 2 is 2.00 bits per heavy atom. The van der Waals surface area contributed by atoms with E-state index in [0.717, 1.165) is 44.5 Å². The fourth-order valence-electron chi connectivity index (χ4n) is 4.03. The molecule has 1 atom stereocenters. The lowest BCUT2D eigenvalue weighted by Crippen LogP contribution is -2.50. The van der Waals surface area contributed by atoms with E-state index >= 15 is 0 Å². The number of likely N-dealkylation sites (tertiary alicyclic amines) is 2. The number of carbonyl (C=O) groups is 2. The van der Waals surface area contributed by atoms with E-state index in [4.69, 9.17) is 4.74 Å². The minimum absolute atomic E-state index is 0.0909. The zero-order valence-electron chi connectivity index (χ0n) is 15.1. The van der Waals surface area contributed by atoms with Gasteiger partial charge in [0.2, 0.25) is 11.8 Å². The molecule has 2 aliphatic rings. The second kappa shape index (κ2) is 7.89. The molecule has 0 unspecified atom stereocenters. The van der Waals surface area contributed by atoms with Crippen LogP contribution in [0.1, 0.15) is 39.0 Å². The van der Waals surface area contributed by atoms with Crippen molar-refractivity contribution in [1.29, 1.82) is 0 Å². The molecule has 0 aromatic heterocycles. The molecule has 2 amide bonds. The Morgan fingerprint density at radius 3 is 2.76 bits per heavy atom. The number of nitrogens with zero attached hydrogens (tertiary/aromatic N) is 2. The molecule has 2 heterocycles. The highest BCUT2D eigenvalue weighted by Crippen LogP contribution is 2.40. The smallest absolute Gasteiger partial charge is 0.230 e. The van der Waals surface area contributed by atoms with Crippen molar-refractivity contribution in [2.24, 2.45) is 5.41 Å². The first-order chi connectivity index (χ1) is 12.1. The standard InChI is InChI=1S/C20H28N2O3/c1-2-12-21-13-6-10-20(19(21)24)11-14-22(16-20)18(23)9-15-25-17-7-4-3-5-8-17/h3-5,7-8H,2,6,9-16H2,1H3/t20-/m0/s1. The van der Waals surface area contributed by atoms with Crippen LogP contribution in [-0.2, 0) is 9.59 Å². The monoisotopic (exact) mass is 344 g/mol. The van der Waals surface area contributed by atoms with E-state index in [0.29, 0.717) is 26.1 Å². The van der Waals surface area contributed by atoms with Gasteiger partial charge in [-0.05, 0) is 37.8 Å². The minimum atomic E-state index is -0.330. The maximum Gasteiger partial charge on any atom is 0.230 e. The second-order valence-corrected chi connectivity index (χ2v) is 7.15. The van der Waals surface area contributed by atoms with Gasteiger partial charge in [0.1, 0.15) is 5.75 Å². The van der Waals surface area contributed by atoms with Gasteiger partial charge in [-0.15, -0.1) is 0 Å². The Balaban J connectivity index is 1.51. The van der Waals surface area contributed by atoms with Gasteiger partial charge in [-0.1, -0.05) is 25.1 Å². The van der Waals surface area contributed by atoms with Crippen LogP contribution in [-0.4, -0.2) is 54.4 Å². The predicted octanol–water partition coefficient (Wildman–Crippen LogP) is 2.71. The lowest BCUT2D eigenvalue weighted by molar-refractivity contribution is -0.146. The van der Waals surface area contributed by atoms with E-state index in [9.17, 15) is 9.59 Å². The lowest BCUT2D eigenvalue weighted by atomic mass is 9.78. The SMILES string of the molecule is CCCN1CCC[C@@]2(CCN(C(=O)CCOc3ccccc3)C2)C1=O. The summed E-state index contributed by atoms with van der Waals surface area (Å²) >= 11 is 0. The molecule has 2 saturated heterocycles. The summed E-state index contributed by atoms with van der Waals surface area (Å²) in [7, 11) is 0. The van der Waals surface area contributed by atoms with Crippen LogP contribution >= 0.6 is 0 Å². The molecule has 0 bridgehead atoms. The van der Waals surface area contributed by atoms with E-state index in [1.165, 1.54) is 0 Å². The van der Waals surface area contributed by atoms with Crippen LogP contribution in [0.15, 0.2) is 30.3 Å². The second-order valence-electron chi connectivity index (χ2n) is 7.15. The molecule has 5 heteroatoms. The number of rotatable bonds is 6. The summed E-state index contributed by atoms with van der Waals surface area (Å²) in [5, 5.41) is 0.